The summed E-state index contributed by atoms with van der Waals surface area (Å²) in [5.41, 5.74) is 0. The topological polar surface area (TPSA) is 95.9 Å². The van der Waals surface area contributed by atoms with Gasteiger partial charge in [-0.05, 0) is 51.4 Å². The van der Waals surface area contributed by atoms with Crippen molar-refractivity contribution >= 4 is 11.9 Å². The van der Waals surface area contributed by atoms with E-state index in [1.807, 2.05) is 0 Å². The molecule has 0 aromatic rings. The average Bonchev–Trinajstić information content (AvgIpc) is 3.10. The number of amides is 1. The fourth-order valence-electron chi connectivity index (χ4n) is 6.48. The summed E-state index contributed by atoms with van der Waals surface area (Å²) in [6, 6.07) is -0.700. The van der Waals surface area contributed by atoms with E-state index >= 15 is 0 Å². The van der Waals surface area contributed by atoms with Crippen LogP contribution in [0.3, 0.4) is 0 Å². The predicted octanol–water partition coefficient (Wildman–Crippen LogP) is 12.0. The maximum atomic E-state index is 13.1. The molecule has 0 aliphatic rings. The van der Waals surface area contributed by atoms with Crippen LogP contribution in [0.1, 0.15) is 220 Å². The molecule has 0 heterocycles. The maximum Gasteiger partial charge on any atom is 0.306 e. The van der Waals surface area contributed by atoms with Crippen molar-refractivity contribution in [3.05, 3.63) is 24.3 Å². The lowest BCUT2D eigenvalue weighted by Gasteiger charge is -2.24. The molecule has 0 fully saturated rings. The number of allylic oxidation sites excluding steroid dienone is 4. The summed E-state index contributed by atoms with van der Waals surface area (Å²) in [6.07, 6.45) is 40.9. The number of carbonyl (C=O) groups excluding carboxylic acids is 2. The highest BCUT2D eigenvalue weighted by atomic mass is 16.5. The van der Waals surface area contributed by atoms with Gasteiger partial charge in [0.2, 0.25) is 5.91 Å². The zero-order valence-electron chi connectivity index (χ0n) is 33.3. The SMILES string of the molecule is CCCCC/C=C/C=C/CCCCCCC(CC(=O)NC(CO)C(O)CCCCCCCCCCC)OC(=O)CCCCCCCCCCC. The molecule has 0 aromatic heterocycles. The molecule has 0 bridgehead atoms. The third-order valence-corrected chi connectivity index (χ3v) is 9.81. The fraction of sp³-hybridized carbons (Fsp3) is 0.864. The summed E-state index contributed by atoms with van der Waals surface area (Å²) in [5.74, 6) is -0.494. The van der Waals surface area contributed by atoms with Crippen LogP contribution in [-0.2, 0) is 14.3 Å². The Balaban J connectivity index is 4.64. The fourth-order valence-corrected chi connectivity index (χ4v) is 6.48. The molecule has 6 heteroatoms. The molecule has 50 heavy (non-hydrogen) atoms. The van der Waals surface area contributed by atoms with Gasteiger partial charge in [0.1, 0.15) is 6.10 Å². The molecule has 0 aliphatic carbocycles. The number of aliphatic hydroxyl groups is 2. The first kappa shape index (κ1) is 48.3. The Labute approximate surface area is 310 Å². The van der Waals surface area contributed by atoms with Crippen LogP contribution in [0, 0.1) is 0 Å². The number of unbranched alkanes of at least 4 members (excludes halogenated alkanes) is 23. The molecule has 0 saturated carbocycles. The van der Waals surface area contributed by atoms with Gasteiger partial charge in [-0.15, -0.1) is 0 Å². The molecule has 0 aliphatic heterocycles. The number of aliphatic hydroxyl groups excluding tert-OH is 2. The Morgan fingerprint density at radius 3 is 1.52 bits per heavy atom. The van der Waals surface area contributed by atoms with E-state index < -0.39 is 18.2 Å². The summed E-state index contributed by atoms with van der Waals surface area (Å²) < 4.78 is 5.87. The van der Waals surface area contributed by atoms with Gasteiger partial charge in [-0.1, -0.05) is 180 Å². The monoisotopic (exact) mass is 706 g/mol. The number of hydrogen-bond acceptors (Lipinski definition) is 5. The van der Waals surface area contributed by atoms with E-state index in [2.05, 4.69) is 50.4 Å². The van der Waals surface area contributed by atoms with Gasteiger partial charge in [-0.2, -0.15) is 0 Å². The zero-order chi connectivity index (χ0) is 36.8. The summed E-state index contributed by atoms with van der Waals surface area (Å²) in [5, 5.41) is 23.5. The number of ether oxygens (including phenoxy) is 1. The maximum absolute atomic E-state index is 13.1. The third-order valence-electron chi connectivity index (χ3n) is 9.81. The van der Waals surface area contributed by atoms with Gasteiger partial charge in [0.25, 0.3) is 0 Å². The van der Waals surface area contributed by atoms with Crippen LogP contribution in [0.5, 0.6) is 0 Å². The molecule has 294 valence electrons. The number of hydrogen-bond donors (Lipinski definition) is 3. The van der Waals surface area contributed by atoms with Crippen molar-refractivity contribution in [2.75, 3.05) is 6.61 Å². The Kier molecular flexibility index (Phi) is 37.3. The molecule has 0 rings (SSSR count). The predicted molar refractivity (Wildman–Crippen MR) is 213 cm³/mol. The van der Waals surface area contributed by atoms with Gasteiger partial charge in [-0.3, -0.25) is 9.59 Å². The Morgan fingerprint density at radius 2 is 1.00 bits per heavy atom. The molecule has 3 atom stereocenters. The van der Waals surface area contributed by atoms with E-state index in [0.29, 0.717) is 19.3 Å². The molecule has 1 amide bonds. The molecule has 3 N–H and O–H groups in total. The van der Waals surface area contributed by atoms with Gasteiger partial charge in [-0.25, -0.2) is 0 Å². The largest absolute Gasteiger partial charge is 0.462 e. The Morgan fingerprint density at radius 1 is 0.580 bits per heavy atom. The van der Waals surface area contributed by atoms with Gasteiger partial charge in [0.15, 0.2) is 0 Å². The number of rotatable bonds is 38. The van der Waals surface area contributed by atoms with Crippen LogP contribution in [0.2, 0.25) is 0 Å². The van der Waals surface area contributed by atoms with E-state index in [1.165, 1.54) is 96.3 Å². The van der Waals surface area contributed by atoms with E-state index in [4.69, 9.17) is 4.74 Å². The van der Waals surface area contributed by atoms with E-state index in [0.717, 1.165) is 77.0 Å². The van der Waals surface area contributed by atoms with Crippen LogP contribution in [0.25, 0.3) is 0 Å². The van der Waals surface area contributed by atoms with Crippen molar-refractivity contribution in [3.63, 3.8) is 0 Å². The Hall–Kier alpha value is -1.66. The standard InChI is InChI=1S/C44H83NO5/c1-4-7-10-13-16-19-20-21-22-25-26-29-32-35-40(50-44(49)37-34-31-28-24-18-15-12-9-6-3)38-43(48)45-41(39-46)42(47)36-33-30-27-23-17-14-11-8-5-2/h16,19-21,40-42,46-47H,4-15,17-18,22-39H2,1-3H3,(H,45,48)/b19-16+,21-20+. The van der Waals surface area contributed by atoms with Crippen molar-refractivity contribution in [3.8, 4) is 0 Å². The lowest BCUT2D eigenvalue weighted by Crippen LogP contribution is -2.46. The first-order valence-electron chi connectivity index (χ1n) is 21.6. The van der Waals surface area contributed by atoms with Gasteiger partial charge >= 0.3 is 5.97 Å². The Bertz CT molecular complexity index is 797. The van der Waals surface area contributed by atoms with Crippen LogP contribution >= 0.6 is 0 Å². The van der Waals surface area contributed by atoms with Crippen LogP contribution in [0.4, 0.5) is 0 Å². The van der Waals surface area contributed by atoms with Crippen molar-refractivity contribution in [1.82, 2.24) is 5.32 Å². The van der Waals surface area contributed by atoms with Crippen molar-refractivity contribution in [2.24, 2.45) is 0 Å². The summed E-state index contributed by atoms with van der Waals surface area (Å²) in [6.45, 7) is 6.39. The molecule has 0 spiro atoms. The minimum absolute atomic E-state index is 0.0675. The van der Waals surface area contributed by atoms with Crippen molar-refractivity contribution in [1.29, 1.82) is 0 Å². The van der Waals surface area contributed by atoms with E-state index in [9.17, 15) is 19.8 Å². The summed E-state index contributed by atoms with van der Waals surface area (Å²) in [4.78, 5) is 25.8. The first-order chi connectivity index (χ1) is 24.5. The lowest BCUT2D eigenvalue weighted by molar-refractivity contribution is -0.151. The average molecular weight is 706 g/mol. The number of esters is 1. The zero-order valence-corrected chi connectivity index (χ0v) is 33.3. The van der Waals surface area contributed by atoms with Gasteiger partial charge < -0.3 is 20.3 Å². The molecule has 0 saturated heterocycles. The highest BCUT2D eigenvalue weighted by Gasteiger charge is 2.24. The van der Waals surface area contributed by atoms with Crippen LogP contribution in [0.15, 0.2) is 24.3 Å². The molecule has 0 radical (unpaired) electrons. The second-order valence-electron chi connectivity index (χ2n) is 14.8. The quantitative estimate of drug-likeness (QED) is 0.0337. The van der Waals surface area contributed by atoms with E-state index in [1.54, 1.807) is 0 Å². The minimum Gasteiger partial charge on any atom is -0.462 e. The van der Waals surface area contributed by atoms with Crippen molar-refractivity contribution < 1.29 is 24.5 Å². The molecular weight excluding hydrogens is 622 g/mol. The first-order valence-corrected chi connectivity index (χ1v) is 21.6. The van der Waals surface area contributed by atoms with Gasteiger partial charge in [0.05, 0.1) is 25.2 Å². The molecule has 0 aromatic carbocycles. The lowest BCUT2D eigenvalue weighted by atomic mass is 10.0. The van der Waals surface area contributed by atoms with Crippen LogP contribution in [-0.4, -0.2) is 46.9 Å². The number of carbonyl (C=O) groups is 2. The summed E-state index contributed by atoms with van der Waals surface area (Å²) >= 11 is 0. The van der Waals surface area contributed by atoms with E-state index in [-0.39, 0.29) is 24.9 Å². The van der Waals surface area contributed by atoms with Crippen molar-refractivity contribution in [2.45, 2.75) is 238 Å². The summed E-state index contributed by atoms with van der Waals surface area (Å²) in [7, 11) is 0. The second kappa shape index (κ2) is 38.6. The highest BCUT2D eigenvalue weighted by Crippen LogP contribution is 2.17. The van der Waals surface area contributed by atoms with Crippen LogP contribution < -0.4 is 5.32 Å². The second-order valence-corrected chi connectivity index (χ2v) is 14.8. The molecular formula is C44H83NO5. The third kappa shape index (κ3) is 33.5. The molecule has 6 nitrogen and oxygen atoms in total. The normalized spacial score (nSPS) is 13.6. The highest BCUT2D eigenvalue weighted by molar-refractivity contribution is 5.77. The number of nitrogens with one attached hydrogen (secondary N) is 1. The molecule has 3 unspecified atom stereocenters. The minimum atomic E-state index is -0.785. The van der Waals surface area contributed by atoms with Gasteiger partial charge in [0, 0.05) is 6.42 Å². The smallest absolute Gasteiger partial charge is 0.306 e.